The summed E-state index contributed by atoms with van der Waals surface area (Å²) in [4.78, 5) is 15.9. The Bertz CT molecular complexity index is 699. The summed E-state index contributed by atoms with van der Waals surface area (Å²) in [5, 5.41) is 24.3. The molecule has 1 aliphatic heterocycles. The largest absolute Gasteiger partial charge is 0.395 e. The zero-order valence-corrected chi connectivity index (χ0v) is 14.4. The number of hydrogen-bond acceptors (Lipinski definition) is 6. The van der Waals surface area contributed by atoms with E-state index in [1.807, 2.05) is 12.1 Å². The van der Waals surface area contributed by atoms with E-state index in [1.54, 1.807) is 19.2 Å². The number of likely N-dealkylation sites (tertiary alicyclic amines) is 1. The number of aliphatic hydroxyl groups is 1. The quantitative estimate of drug-likeness (QED) is 0.790. The van der Waals surface area contributed by atoms with Crippen LogP contribution < -0.4 is 5.32 Å². The number of aliphatic hydroxyl groups excluding tert-OH is 1. The highest BCUT2D eigenvalue weighted by molar-refractivity contribution is 5.94. The molecule has 3 rings (SSSR count). The molecule has 25 heavy (non-hydrogen) atoms. The molecule has 8 nitrogen and oxygen atoms in total. The van der Waals surface area contributed by atoms with Gasteiger partial charge in [-0.15, -0.1) is 10.2 Å². The van der Waals surface area contributed by atoms with Crippen LogP contribution in [0.25, 0.3) is 11.4 Å². The smallest absolute Gasteiger partial charge is 0.251 e. The van der Waals surface area contributed by atoms with Crippen LogP contribution >= 0.6 is 0 Å². The second-order valence-electron chi connectivity index (χ2n) is 6.30. The standard InChI is InChI=1S/C17H24N6O2/c1-22-20-16(19-21-22)13-5-7-14(8-6-13)17(25)18-9-11-23-10-3-2-4-15(23)12-24/h5-8,15,24H,2-4,9-12H2,1H3,(H,18,25)/t15-/m0/s1. The van der Waals surface area contributed by atoms with Crippen molar-refractivity contribution in [2.24, 2.45) is 7.05 Å². The molecule has 0 bridgehead atoms. The molecule has 1 aromatic carbocycles. The lowest BCUT2D eigenvalue weighted by atomic mass is 10.0. The summed E-state index contributed by atoms with van der Waals surface area (Å²) >= 11 is 0. The van der Waals surface area contributed by atoms with E-state index in [1.165, 1.54) is 11.2 Å². The molecular formula is C17H24N6O2. The Morgan fingerprint density at radius 1 is 1.32 bits per heavy atom. The summed E-state index contributed by atoms with van der Waals surface area (Å²) in [6.07, 6.45) is 3.35. The molecule has 1 fully saturated rings. The summed E-state index contributed by atoms with van der Waals surface area (Å²) in [6.45, 7) is 2.51. The maximum Gasteiger partial charge on any atom is 0.251 e. The van der Waals surface area contributed by atoms with Crippen molar-refractivity contribution in [2.45, 2.75) is 25.3 Å². The minimum atomic E-state index is -0.101. The van der Waals surface area contributed by atoms with E-state index in [0.29, 0.717) is 17.9 Å². The van der Waals surface area contributed by atoms with E-state index >= 15 is 0 Å². The number of rotatable bonds is 6. The maximum absolute atomic E-state index is 12.3. The van der Waals surface area contributed by atoms with Gasteiger partial charge in [0, 0.05) is 30.3 Å². The van der Waals surface area contributed by atoms with Gasteiger partial charge >= 0.3 is 0 Å². The number of aryl methyl sites for hydroxylation is 1. The molecule has 0 saturated carbocycles. The third-order valence-corrected chi connectivity index (χ3v) is 4.56. The maximum atomic E-state index is 12.3. The molecule has 1 amide bonds. The van der Waals surface area contributed by atoms with Gasteiger partial charge in [-0.05, 0) is 36.7 Å². The van der Waals surface area contributed by atoms with Gasteiger partial charge in [-0.1, -0.05) is 18.6 Å². The van der Waals surface area contributed by atoms with Crippen molar-refractivity contribution in [2.75, 3.05) is 26.2 Å². The average Bonchev–Trinajstić information content (AvgIpc) is 3.08. The Morgan fingerprint density at radius 3 is 2.80 bits per heavy atom. The number of benzene rings is 1. The molecule has 0 spiro atoms. The summed E-state index contributed by atoms with van der Waals surface area (Å²) < 4.78 is 0. The van der Waals surface area contributed by atoms with Crippen molar-refractivity contribution in [3.8, 4) is 11.4 Å². The number of tetrazole rings is 1. The van der Waals surface area contributed by atoms with Crippen LogP contribution in [0, 0.1) is 0 Å². The van der Waals surface area contributed by atoms with Crippen LogP contribution in [0.15, 0.2) is 24.3 Å². The highest BCUT2D eigenvalue weighted by Crippen LogP contribution is 2.16. The fourth-order valence-electron chi connectivity index (χ4n) is 3.15. The summed E-state index contributed by atoms with van der Waals surface area (Å²) in [5.74, 6) is 0.436. The van der Waals surface area contributed by atoms with Crippen LogP contribution in [0.2, 0.25) is 0 Å². The number of nitrogens with zero attached hydrogens (tertiary/aromatic N) is 5. The van der Waals surface area contributed by atoms with Crippen LogP contribution in [-0.4, -0.2) is 68.4 Å². The number of hydrogen-bond donors (Lipinski definition) is 2. The van der Waals surface area contributed by atoms with Crippen LogP contribution in [0.4, 0.5) is 0 Å². The first-order valence-electron chi connectivity index (χ1n) is 8.65. The highest BCUT2D eigenvalue weighted by Gasteiger charge is 2.21. The zero-order chi connectivity index (χ0) is 17.6. The van der Waals surface area contributed by atoms with E-state index in [-0.39, 0.29) is 18.6 Å². The van der Waals surface area contributed by atoms with Gasteiger partial charge in [-0.3, -0.25) is 9.69 Å². The molecule has 0 radical (unpaired) electrons. The number of carbonyl (C=O) groups is 1. The van der Waals surface area contributed by atoms with E-state index < -0.39 is 0 Å². The van der Waals surface area contributed by atoms with Crippen molar-refractivity contribution >= 4 is 5.91 Å². The lowest BCUT2D eigenvalue weighted by molar-refractivity contribution is 0.0849. The monoisotopic (exact) mass is 344 g/mol. The molecule has 1 atom stereocenters. The Morgan fingerprint density at radius 2 is 2.12 bits per heavy atom. The molecule has 1 aromatic heterocycles. The van der Waals surface area contributed by atoms with Crippen molar-refractivity contribution < 1.29 is 9.90 Å². The van der Waals surface area contributed by atoms with E-state index in [9.17, 15) is 9.90 Å². The Kier molecular flexibility index (Phi) is 5.72. The van der Waals surface area contributed by atoms with Crippen LogP contribution in [0.1, 0.15) is 29.6 Å². The van der Waals surface area contributed by atoms with Gasteiger partial charge in [0.15, 0.2) is 0 Å². The van der Waals surface area contributed by atoms with Gasteiger partial charge in [-0.2, -0.15) is 4.80 Å². The predicted octanol–water partition coefficient (Wildman–Crippen LogP) is 0.454. The van der Waals surface area contributed by atoms with Crippen LogP contribution in [-0.2, 0) is 7.05 Å². The van der Waals surface area contributed by atoms with Crippen molar-refractivity contribution in [1.29, 1.82) is 0 Å². The fourth-order valence-corrected chi connectivity index (χ4v) is 3.15. The molecule has 2 aromatic rings. The summed E-state index contributed by atoms with van der Waals surface area (Å²) in [5.41, 5.74) is 1.42. The third-order valence-electron chi connectivity index (χ3n) is 4.56. The molecule has 2 heterocycles. The first kappa shape index (κ1) is 17.5. The second-order valence-corrected chi connectivity index (χ2v) is 6.30. The lowest BCUT2D eigenvalue weighted by Crippen LogP contribution is -2.45. The van der Waals surface area contributed by atoms with Gasteiger partial charge in [0.1, 0.15) is 0 Å². The number of amides is 1. The SMILES string of the molecule is Cn1nnc(-c2ccc(C(=O)NCCN3CCCC[C@H]3CO)cc2)n1. The molecule has 1 aliphatic rings. The van der Waals surface area contributed by atoms with Crippen molar-refractivity contribution in [1.82, 2.24) is 30.4 Å². The van der Waals surface area contributed by atoms with E-state index in [2.05, 4.69) is 25.6 Å². The first-order valence-corrected chi connectivity index (χ1v) is 8.65. The minimum Gasteiger partial charge on any atom is -0.395 e. The topological polar surface area (TPSA) is 96.2 Å². The third kappa shape index (κ3) is 4.40. The molecule has 8 heteroatoms. The fraction of sp³-hybridized carbons (Fsp3) is 0.529. The average molecular weight is 344 g/mol. The highest BCUT2D eigenvalue weighted by atomic mass is 16.3. The second kappa shape index (κ2) is 8.17. The summed E-state index contributed by atoms with van der Waals surface area (Å²) in [6, 6.07) is 7.39. The van der Waals surface area contributed by atoms with Gasteiger partial charge in [0.2, 0.25) is 5.82 Å². The number of aromatic nitrogens is 4. The molecule has 1 saturated heterocycles. The van der Waals surface area contributed by atoms with Gasteiger partial charge in [0.05, 0.1) is 13.7 Å². The number of piperidine rings is 1. The number of nitrogens with one attached hydrogen (secondary N) is 1. The van der Waals surface area contributed by atoms with E-state index in [4.69, 9.17) is 0 Å². The normalized spacial score (nSPS) is 18.2. The predicted molar refractivity (Wildman–Crippen MR) is 92.9 cm³/mol. The molecule has 0 aliphatic carbocycles. The zero-order valence-electron chi connectivity index (χ0n) is 14.4. The van der Waals surface area contributed by atoms with E-state index in [0.717, 1.165) is 31.5 Å². The molecular weight excluding hydrogens is 320 g/mol. The van der Waals surface area contributed by atoms with Crippen LogP contribution in [0.5, 0.6) is 0 Å². The minimum absolute atomic E-state index is 0.101. The Labute approximate surface area is 146 Å². The molecule has 2 N–H and O–H groups in total. The summed E-state index contributed by atoms with van der Waals surface area (Å²) in [7, 11) is 1.71. The molecule has 0 unspecified atom stereocenters. The van der Waals surface area contributed by atoms with Gasteiger partial charge in [-0.25, -0.2) is 0 Å². The van der Waals surface area contributed by atoms with Crippen molar-refractivity contribution in [3.05, 3.63) is 29.8 Å². The first-order chi connectivity index (χ1) is 12.2. The van der Waals surface area contributed by atoms with Crippen LogP contribution in [0.3, 0.4) is 0 Å². The van der Waals surface area contributed by atoms with Gasteiger partial charge in [0.25, 0.3) is 5.91 Å². The van der Waals surface area contributed by atoms with Crippen molar-refractivity contribution in [3.63, 3.8) is 0 Å². The lowest BCUT2D eigenvalue weighted by Gasteiger charge is -2.34. The Hall–Kier alpha value is -2.32. The molecule has 134 valence electrons. The van der Waals surface area contributed by atoms with Gasteiger partial charge < -0.3 is 10.4 Å². The number of carbonyl (C=O) groups excluding carboxylic acids is 1. The Balaban J connectivity index is 1.51.